The maximum Gasteiger partial charge on any atom is 0.166 e. The van der Waals surface area contributed by atoms with E-state index in [2.05, 4.69) is 61.7 Å². The summed E-state index contributed by atoms with van der Waals surface area (Å²) in [6.07, 6.45) is 1.09. The molecule has 0 heterocycles. The Morgan fingerprint density at radius 1 is 1.18 bits per heavy atom. The van der Waals surface area contributed by atoms with Gasteiger partial charge in [0.05, 0.1) is 0 Å². The summed E-state index contributed by atoms with van der Waals surface area (Å²) >= 11 is 5.18. The van der Waals surface area contributed by atoms with E-state index in [0.717, 1.165) is 18.1 Å². The maximum absolute atomic E-state index is 5.18. The summed E-state index contributed by atoms with van der Waals surface area (Å²) in [6.45, 7) is 7.33. The lowest BCUT2D eigenvalue weighted by Crippen LogP contribution is -2.39. The number of rotatable bonds is 5. The van der Waals surface area contributed by atoms with E-state index in [4.69, 9.17) is 12.2 Å². The Morgan fingerprint density at radius 3 is 2.41 bits per heavy atom. The highest BCUT2D eigenvalue weighted by atomic mass is 32.1. The van der Waals surface area contributed by atoms with Crippen LogP contribution in [0.4, 0.5) is 0 Å². The summed E-state index contributed by atoms with van der Waals surface area (Å²) in [5.41, 5.74) is 1.39. The Kier molecular flexibility index (Phi) is 5.98. The number of hydrogen-bond donors (Lipinski definition) is 2. The second-order valence-corrected chi connectivity index (χ2v) is 5.06. The average molecular weight is 250 g/mol. The van der Waals surface area contributed by atoms with Gasteiger partial charge in [0.2, 0.25) is 0 Å². The molecule has 2 nitrogen and oxygen atoms in total. The van der Waals surface area contributed by atoms with Gasteiger partial charge >= 0.3 is 0 Å². The largest absolute Gasteiger partial charge is 0.363 e. The third-order valence-corrected chi connectivity index (χ3v) is 2.91. The van der Waals surface area contributed by atoms with Crippen LogP contribution in [0.1, 0.15) is 38.7 Å². The van der Waals surface area contributed by atoms with Gasteiger partial charge in [0.25, 0.3) is 0 Å². The fourth-order valence-corrected chi connectivity index (χ4v) is 2.00. The molecule has 0 bridgehead atoms. The van der Waals surface area contributed by atoms with E-state index in [1.807, 2.05) is 0 Å². The van der Waals surface area contributed by atoms with Crippen LogP contribution in [0.15, 0.2) is 30.3 Å². The van der Waals surface area contributed by atoms with Gasteiger partial charge < -0.3 is 10.6 Å². The van der Waals surface area contributed by atoms with E-state index in [1.54, 1.807) is 0 Å². The Morgan fingerprint density at radius 2 is 1.82 bits per heavy atom. The topological polar surface area (TPSA) is 24.1 Å². The molecule has 0 aliphatic carbocycles. The lowest BCUT2D eigenvalue weighted by molar-refractivity contribution is 0.646. The number of nitrogens with one attached hydrogen (secondary N) is 2. The minimum Gasteiger partial charge on any atom is -0.363 e. The van der Waals surface area contributed by atoms with Crippen LogP contribution in [0.25, 0.3) is 0 Å². The first-order valence-corrected chi connectivity index (χ1v) is 6.59. The summed E-state index contributed by atoms with van der Waals surface area (Å²) in [4.78, 5) is 0. The zero-order chi connectivity index (χ0) is 12.7. The van der Waals surface area contributed by atoms with Crippen molar-refractivity contribution in [1.29, 1.82) is 0 Å². The molecule has 1 rings (SSSR count). The van der Waals surface area contributed by atoms with Gasteiger partial charge in [0.1, 0.15) is 0 Å². The Labute approximate surface area is 110 Å². The van der Waals surface area contributed by atoms with Crippen molar-refractivity contribution in [2.24, 2.45) is 0 Å². The predicted octanol–water partition coefficient (Wildman–Crippen LogP) is 3.05. The highest BCUT2D eigenvalue weighted by Crippen LogP contribution is 2.17. The molecule has 0 aliphatic heterocycles. The number of hydrogen-bond acceptors (Lipinski definition) is 1. The summed E-state index contributed by atoms with van der Waals surface area (Å²) < 4.78 is 0. The van der Waals surface area contributed by atoms with E-state index in [-0.39, 0.29) is 0 Å². The van der Waals surface area contributed by atoms with Gasteiger partial charge in [-0.3, -0.25) is 0 Å². The molecule has 1 aromatic carbocycles. The normalized spacial score (nSPS) is 12.2. The quantitative estimate of drug-likeness (QED) is 0.785. The summed E-state index contributed by atoms with van der Waals surface area (Å²) in [5, 5.41) is 7.16. The molecule has 0 spiro atoms. The van der Waals surface area contributed by atoms with Crippen molar-refractivity contribution < 1.29 is 0 Å². The van der Waals surface area contributed by atoms with Crippen molar-refractivity contribution in [3.8, 4) is 0 Å². The second-order valence-electron chi connectivity index (χ2n) is 4.66. The van der Waals surface area contributed by atoms with E-state index < -0.39 is 0 Å². The molecule has 0 radical (unpaired) electrons. The minimum absolute atomic E-state index is 0.390. The van der Waals surface area contributed by atoms with Crippen LogP contribution < -0.4 is 10.6 Å². The van der Waals surface area contributed by atoms with Gasteiger partial charge in [0, 0.05) is 12.6 Å². The highest BCUT2D eigenvalue weighted by molar-refractivity contribution is 7.80. The lowest BCUT2D eigenvalue weighted by Gasteiger charge is -2.15. The van der Waals surface area contributed by atoms with E-state index >= 15 is 0 Å². The van der Waals surface area contributed by atoms with Gasteiger partial charge in [-0.25, -0.2) is 0 Å². The van der Waals surface area contributed by atoms with Crippen molar-refractivity contribution in [2.75, 3.05) is 6.54 Å². The number of benzene rings is 1. The lowest BCUT2D eigenvalue weighted by atomic mass is 9.98. The Bertz CT molecular complexity index is 335. The van der Waals surface area contributed by atoms with Crippen molar-refractivity contribution in [1.82, 2.24) is 10.6 Å². The molecule has 1 aromatic rings. The fraction of sp³-hybridized carbons (Fsp3) is 0.500. The number of thiocarbonyl (C=S) groups is 1. The summed E-state index contributed by atoms with van der Waals surface area (Å²) in [5.74, 6) is 0.561. The van der Waals surface area contributed by atoms with Gasteiger partial charge in [-0.1, -0.05) is 37.3 Å². The smallest absolute Gasteiger partial charge is 0.166 e. The van der Waals surface area contributed by atoms with Gasteiger partial charge in [0.15, 0.2) is 5.11 Å². The molecular formula is C14H22N2S. The van der Waals surface area contributed by atoms with Gasteiger partial charge in [-0.15, -0.1) is 0 Å². The molecule has 0 aromatic heterocycles. The first kappa shape index (κ1) is 14.0. The minimum atomic E-state index is 0.390. The fourth-order valence-electron chi connectivity index (χ4n) is 1.66. The first-order valence-electron chi connectivity index (χ1n) is 6.19. The van der Waals surface area contributed by atoms with E-state index in [9.17, 15) is 0 Å². The van der Waals surface area contributed by atoms with Gasteiger partial charge in [-0.05, 0) is 44.0 Å². The van der Waals surface area contributed by atoms with Crippen LogP contribution in [-0.4, -0.2) is 17.7 Å². The molecule has 1 unspecified atom stereocenters. The molecule has 2 N–H and O–H groups in total. The van der Waals surface area contributed by atoms with Crippen LogP contribution in [-0.2, 0) is 0 Å². The van der Waals surface area contributed by atoms with Crippen LogP contribution in [0.3, 0.4) is 0 Å². The van der Waals surface area contributed by atoms with Gasteiger partial charge in [-0.2, -0.15) is 0 Å². The highest BCUT2D eigenvalue weighted by Gasteiger charge is 2.04. The Balaban J connectivity index is 2.25. The summed E-state index contributed by atoms with van der Waals surface area (Å²) in [7, 11) is 0. The van der Waals surface area contributed by atoms with Crippen LogP contribution >= 0.6 is 12.2 Å². The average Bonchev–Trinajstić information content (AvgIpc) is 2.29. The van der Waals surface area contributed by atoms with Crippen LogP contribution in [0.5, 0.6) is 0 Å². The molecule has 0 fully saturated rings. The Hall–Kier alpha value is -1.09. The zero-order valence-electron chi connectivity index (χ0n) is 10.9. The molecule has 0 amide bonds. The van der Waals surface area contributed by atoms with Crippen molar-refractivity contribution in [3.05, 3.63) is 35.9 Å². The molecular weight excluding hydrogens is 228 g/mol. The van der Waals surface area contributed by atoms with Crippen LogP contribution in [0.2, 0.25) is 0 Å². The molecule has 17 heavy (non-hydrogen) atoms. The van der Waals surface area contributed by atoms with E-state index in [0.29, 0.717) is 12.0 Å². The molecule has 3 heteroatoms. The summed E-state index contributed by atoms with van der Waals surface area (Å²) in [6, 6.07) is 11.0. The third-order valence-electron chi connectivity index (χ3n) is 2.65. The molecule has 0 aliphatic rings. The van der Waals surface area contributed by atoms with E-state index in [1.165, 1.54) is 5.56 Å². The van der Waals surface area contributed by atoms with Crippen molar-refractivity contribution in [3.63, 3.8) is 0 Å². The molecule has 1 atom stereocenters. The zero-order valence-corrected chi connectivity index (χ0v) is 11.7. The standard InChI is InChI=1S/C14H22N2S/c1-11(2)16-14(17)15-10-9-12(3)13-7-5-4-6-8-13/h4-8,11-12H,9-10H2,1-3H3,(H2,15,16,17). The van der Waals surface area contributed by atoms with Crippen molar-refractivity contribution >= 4 is 17.3 Å². The SMILES string of the molecule is CC(C)NC(=S)NCCC(C)c1ccccc1. The molecule has 94 valence electrons. The monoisotopic (exact) mass is 250 g/mol. The first-order chi connectivity index (χ1) is 8.09. The second kappa shape index (κ2) is 7.28. The van der Waals surface area contributed by atoms with Crippen LogP contribution in [0, 0.1) is 0 Å². The maximum atomic E-state index is 5.18. The third kappa shape index (κ3) is 5.68. The van der Waals surface area contributed by atoms with Crippen molar-refractivity contribution in [2.45, 2.75) is 39.2 Å². The predicted molar refractivity (Wildman–Crippen MR) is 78.3 cm³/mol. The molecule has 0 saturated heterocycles. The molecule has 0 saturated carbocycles.